The number of piperidine rings is 1. The predicted molar refractivity (Wildman–Crippen MR) is 64.0 cm³/mol. The molecule has 2 aliphatic heterocycles. The van der Waals surface area contributed by atoms with Crippen LogP contribution in [0.4, 0.5) is 0 Å². The molecule has 1 aromatic rings. The fourth-order valence-corrected chi connectivity index (χ4v) is 2.76. The minimum Gasteiger partial charge on any atom is -0.445 e. The largest absolute Gasteiger partial charge is 0.445 e. The van der Waals surface area contributed by atoms with Gasteiger partial charge in [-0.15, -0.1) is 0 Å². The number of aryl methyl sites for hydroxylation is 1. The molecule has 0 aromatic carbocycles. The zero-order valence-corrected chi connectivity index (χ0v) is 10.4. The maximum Gasteiger partial charge on any atom is 0.199 e. The zero-order chi connectivity index (χ0) is 11.7. The van der Waals surface area contributed by atoms with E-state index in [0.29, 0.717) is 5.92 Å². The van der Waals surface area contributed by atoms with E-state index in [1.807, 2.05) is 6.92 Å². The van der Waals surface area contributed by atoms with Gasteiger partial charge >= 0.3 is 0 Å². The number of aromatic nitrogens is 1. The monoisotopic (exact) mass is 236 g/mol. The molecule has 4 nitrogen and oxygen atoms in total. The number of ether oxygens (including phenoxy) is 1. The van der Waals surface area contributed by atoms with Crippen LogP contribution in [-0.2, 0) is 4.74 Å². The van der Waals surface area contributed by atoms with Crippen molar-refractivity contribution < 1.29 is 9.15 Å². The second-order valence-electron chi connectivity index (χ2n) is 5.04. The summed E-state index contributed by atoms with van der Waals surface area (Å²) in [5, 5.41) is 3.40. The van der Waals surface area contributed by atoms with Gasteiger partial charge in [-0.05, 0) is 39.2 Å². The minimum atomic E-state index is 0.170. The normalized spacial score (nSPS) is 29.7. The van der Waals surface area contributed by atoms with Crippen LogP contribution in [0.1, 0.15) is 55.1 Å². The van der Waals surface area contributed by atoms with Crippen molar-refractivity contribution in [1.29, 1.82) is 0 Å². The van der Waals surface area contributed by atoms with Crippen LogP contribution in [-0.4, -0.2) is 24.7 Å². The van der Waals surface area contributed by atoms with Gasteiger partial charge in [0.25, 0.3) is 0 Å². The van der Waals surface area contributed by atoms with Gasteiger partial charge < -0.3 is 14.5 Å². The van der Waals surface area contributed by atoms with E-state index in [9.17, 15) is 0 Å². The number of oxazole rings is 1. The Kier molecular flexibility index (Phi) is 3.16. The smallest absolute Gasteiger partial charge is 0.199 e. The van der Waals surface area contributed by atoms with Crippen LogP contribution in [0.2, 0.25) is 0 Å². The summed E-state index contributed by atoms with van der Waals surface area (Å²) in [5.74, 6) is 2.29. The van der Waals surface area contributed by atoms with Crippen molar-refractivity contribution in [3.63, 3.8) is 0 Å². The third kappa shape index (κ3) is 2.24. The Hall–Kier alpha value is -0.870. The molecule has 1 aromatic heterocycles. The molecular formula is C13H20N2O2. The van der Waals surface area contributed by atoms with Crippen LogP contribution >= 0.6 is 0 Å². The molecule has 2 aliphatic rings. The summed E-state index contributed by atoms with van der Waals surface area (Å²) in [6, 6.07) is 0. The Balaban J connectivity index is 1.79. The first-order chi connectivity index (χ1) is 8.34. The summed E-state index contributed by atoms with van der Waals surface area (Å²) in [5.41, 5.74) is 1.03. The van der Waals surface area contributed by atoms with Crippen molar-refractivity contribution in [2.75, 3.05) is 19.7 Å². The number of rotatable bonds is 2. The van der Waals surface area contributed by atoms with Crippen molar-refractivity contribution in [3.8, 4) is 0 Å². The Morgan fingerprint density at radius 1 is 1.29 bits per heavy atom. The fraction of sp³-hybridized carbons (Fsp3) is 0.769. The summed E-state index contributed by atoms with van der Waals surface area (Å²) in [7, 11) is 0. The van der Waals surface area contributed by atoms with Gasteiger partial charge in [0.2, 0.25) is 0 Å². The van der Waals surface area contributed by atoms with E-state index in [-0.39, 0.29) is 6.10 Å². The Labute approximate surface area is 102 Å². The molecule has 3 heterocycles. The summed E-state index contributed by atoms with van der Waals surface area (Å²) >= 11 is 0. The molecule has 1 N–H and O–H groups in total. The predicted octanol–water partition coefficient (Wildman–Crippen LogP) is 2.30. The van der Waals surface area contributed by atoms with Gasteiger partial charge in [-0.25, -0.2) is 4.98 Å². The minimum absolute atomic E-state index is 0.170. The highest BCUT2D eigenvalue weighted by Crippen LogP contribution is 2.33. The molecule has 2 fully saturated rings. The van der Waals surface area contributed by atoms with Crippen LogP contribution < -0.4 is 5.32 Å². The standard InChI is InChI=1S/C13H20N2O2/c1-9-12(11-5-3-7-16-11)15-13(17-9)10-4-2-6-14-8-10/h10-11,14H,2-8H2,1H3. The van der Waals surface area contributed by atoms with Crippen LogP contribution in [0, 0.1) is 6.92 Å². The van der Waals surface area contributed by atoms with E-state index < -0.39 is 0 Å². The Morgan fingerprint density at radius 3 is 2.94 bits per heavy atom. The van der Waals surface area contributed by atoms with E-state index >= 15 is 0 Å². The zero-order valence-electron chi connectivity index (χ0n) is 10.4. The van der Waals surface area contributed by atoms with E-state index in [2.05, 4.69) is 10.3 Å². The molecule has 2 unspecified atom stereocenters. The number of nitrogens with zero attached hydrogens (tertiary/aromatic N) is 1. The van der Waals surface area contributed by atoms with Gasteiger partial charge in [-0.3, -0.25) is 0 Å². The third-order valence-corrected chi connectivity index (χ3v) is 3.73. The lowest BCUT2D eigenvalue weighted by Crippen LogP contribution is -2.28. The van der Waals surface area contributed by atoms with Gasteiger partial charge in [-0.2, -0.15) is 0 Å². The summed E-state index contributed by atoms with van der Waals surface area (Å²) < 4.78 is 11.5. The van der Waals surface area contributed by atoms with Crippen molar-refractivity contribution in [2.24, 2.45) is 0 Å². The average Bonchev–Trinajstić information content (AvgIpc) is 2.99. The summed E-state index contributed by atoms with van der Waals surface area (Å²) in [4.78, 5) is 4.68. The molecule has 0 amide bonds. The molecule has 0 spiro atoms. The highest BCUT2D eigenvalue weighted by molar-refractivity contribution is 5.14. The van der Waals surface area contributed by atoms with Gasteiger partial charge in [0.1, 0.15) is 17.6 Å². The first-order valence-corrected chi connectivity index (χ1v) is 6.64. The van der Waals surface area contributed by atoms with Gasteiger partial charge in [0.05, 0.1) is 0 Å². The molecule has 0 saturated carbocycles. The number of hydrogen-bond acceptors (Lipinski definition) is 4. The lowest BCUT2D eigenvalue weighted by molar-refractivity contribution is 0.108. The Morgan fingerprint density at radius 2 is 2.24 bits per heavy atom. The first-order valence-electron chi connectivity index (χ1n) is 6.64. The number of nitrogens with one attached hydrogen (secondary N) is 1. The quantitative estimate of drug-likeness (QED) is 0.856. The molecule has 94 valence electrons. The summed E-state index contributed by atoms with van der Waals surface area (Å²) in [6.07, 6.45) is 4.77. The molecule has 3 rings (SSSR count). The van der Waals surface area contributed by atoms with Crippen molar-refractivity contribution in [2.45, 2.75) is 44.6 Å². The maximum absolute atomic E-state index is 5.84. The molecule has 17 heavy (non-hydrogen) atoms. The van der Waals surface area contributed by atoms with Gasteiger partial charge in [-0.1, -0.05) is 0 Å². The van der Waals surface area contributed by atoms with Crippen LogP contribution in [0.5, 0.6) is 0 Å². The molecule has 4 heteroatoms. The van der Waals surface area contributed by atoms with Gasteiger partial charge in [0, 0.05) is 19.1 Å². The molecular weight excluding hydrogens is 216 g/mol. The lowest BCUT2D eigenvalue weighted by Gasteiger charge is -2.19. The third-order valence-electron chi connectivity index (χ3n) is 3.73. The van der Waals surface area contributed by atoms with E-state index in [4.69, 9.17) is 9.15 Å². The maximum atomic E-state index is 5.84. The molecule has 0 bridgehead atoms. The SMILES string of the molecule is Cc1oc(C2CCCNC2)nc1C1CCCO1. The van der Waals surface area contributed by atoms with Crippen molar-refractivity contribution in [3.05, 3.63) is 17.3 Å². The lowest BCUT2D eigenvalue weighted by atomic mass is 10.00. The molecule has 2 saturated heterocycles. The average molecular weight is 236 g/mol. The van der Waals surface area contributed by atoms with Crippen LogP contribution in [0.3, 0.4) is 0 Å². The Bertz CT molecular complexity index is 377. The van der Waals surface area contributed by atoms with Crippen molar-refractivity contribution >= 4 is 0 Å². The highest BCUT2D eigenvalue weighted by Gasteiger charge is 2.27. The van der Waals surface area contributed by atoms with E-state index in [1.165, 1.54) is 12.8 Å². The molecule has 2 atom stereocenters. The topological polar surface area (TPSA) is 47.3 Å². The highest BCUT2D eigenvalue weighted by atomic mass is 16.5. The molecule has 0 radical (unpaired) electrons. The molecule has 0 aliphatic carbocycles. The van der Waals surface area contributed by atoms with Crippen LogP contribution in [0.25, 0.3) is 0 Å². The van der Waals surface area contributed by atoms with Crippen LogP contribution in [0.15, 0.2) is 4.42 Å². The fourth-order valence-electron chi connectivity index (χ4n) is 2.76. The van der Waals surface area contributed by atoms with E-state index in [1.54, 1.807) is 0 Å². The second-order valence-corrected chi connectivity index (χ2v) is 5.04. The second kappa shape index (κ2) is 4.78. The summed E-state index contributed by atoms with van der Waals surface area (Å²) in [6.45, 7) is 4.97. The van der Waals surface area contributed by atoms with Crippen molar-refractivity contribution in [1.82, 2.24) is 10.3 Å². The first kappa shape index (κ1) is 11.2. The number of hydrogen-bond donors (Lipinski definition) is 1. The van der Waals surface area contributed by atoms with E-state index in [0.717, 1.165) is 49.9 Å². The van der Waals surface area contributed by atoms with Gasteiger partial charge in [0.15, 0.2) is 5.89 Å².